The van der Waals surface area contributed by atoms with E-state index in [4.69, 9.17) is 5.73 Å². The Morgan fingerprint density at radius 3 is 2.37 bits per heavy atom. The molecule has 0 radical (unpaired) electrons. The highest BCUT2D eigenvalue weighted by Crippen LogP contribution is 2.25. The summed E-state index contributed by atoms with van der Waals surface area (Å²) in [5.41, 5.74) is 5.53. The molecule has 0 aromatic rings. The molecule has 19 heavy (non-hydrogen) atoms. The first kappa shape index (κ1) is 16.5. The molecule has 112 valence electrons. The molecule has 1 unspecified atom stereocenters. The van der Waals surface area contributed by atoms with E-state index in [1.54, 1.807) is 0 Å². The molecule has 3 heteroatoms. The van der Waals surface area contributed by atoms with Crippen LogP contribution in [0.4, 0.5) is 0 Å². The molecule has 0 aliphatic heterocycles. The maximum Gasteiger partial charge on any atom is 0.220 e. The van der Waals surface area contributed by atoms with E-state index in [1.165, 1.54) is 38.5 Å². The number of hydrogen-bond donors (Lipinski definition) is 2. The molecule has 3 N–H and O–H groups in total. The van der Waals surface area contributed by atoms with E-state index in [-0.39, 0.29) is 5.91 Å². The molecule has 0 heterocycles. The second kappa shape index (κ2) is 9.35. The molecule has 0 bridgehead atoms. The van der Waals surface area contributed by atoms with Gasteiger partial charge < -0.3 is 11.1 Å². The van der Waals surface area contributed by atoms with Crippen molar-refractivity contribution in [1.82, 2.24) is 5.32 Å². The summed E-state index contributed by atoms with van der Waals surface area (Å²) >= 11 is 0. The third kappa shape index (κ3) is 6.95. The van der Waals surface area contributed by atoms with Crippen LogP contribution in [0.5, 0.6) is 0 Å². The van der Waals surface area contributed by atoms with E-state index in [0.717, 1.165) is 19.4 Å². The van der Waals surface area contributed by atoms with Crippen molar-refractivity contribution >= 4 is 5.91 Å². The molecule has 1 saturated carbocycles. The summed E-state index contributed by atoms with van der Waals surface area (Å²) in [4.78, 5) is 11.9. The largest absolute Gasteiger partial charge is 0.353 e. The predicted octanol–water partition coefficient (Wildman–Crippen LogP) is 3.23. The second-order valence-electron chi connectivity index (χ2n) is 6.33. The van der Waals surface area contributed by atoms with Crippen molar-refractivity contribution in [3.63, 3.8) is 0 Å². The topological polar surface area (TPSA) is 55.1 Å². The maximum atomic E-state index is 11.9. The standard InChI is InChI=1S/C16H32N2O/c1-13(11-12-17)9-10-16(19)18-14(2)15-7-5-3-4-6-8-15/h13-15H,3-12,17H2,1-2H3,(H,18,19)/t13?,14-/m0/s1. The van der Waals surface area contributed by atoms with Crippen LogP contribution in [0.2, 0.25) is 0 Å². The summed E-state index contributed by atoms with van der Waals surface area (Å²) in [6.45, 7) is 5.08. The molecule has 1 amide bonds. The fourth-order valence-corrected chi connectivity index (χ4v) is 3.06. The summed E-state index contributed by atoms with van der Waals surface area (Å²) in [5, 5.41) is 3.20. The van der Waals surface area contributed by atoms with Gasteiger partial charge in [0.25, 0.3) is 0 Å². The Labute approximate surface area is 118 Å². The highest BCUT2D eigenvalue weighted by molar-refractivity contribution is 5.76. The van der Waals surface area contributed by atoms with Crippen molar-refractivity contribution < 1.29 is 4.79 Å². The summed E-state index contributed by atoms with van der Waals surface area (Å²) in [6, 6.07) is 0.343. The van der Waals surface area contributed by atoms with Crippen LogP contribution in [0.1, 0.15) is 71.6 Å². The molecule has 3 nitrogen and oxygen atoms in total. The number of carbonyl (C=O) groups is 1. The lowest BCUT2D eigenvalue weighted by Gasteiger charge is -2.23. The van der Waals surface area contributed by atoms with Crippen LogP contribution in [0, 0.1) is 11.8 Å². The maximum absolute atomic E-state index is 11.9. The van der Waals surface area contributed by atoms with Gasteiger partial charge in [-0.3, -0.25) is 4.79 Å². The van der Waals surface area contributed by atoms with Gasteiger partial charge in [-0.05, 0) is 51.0 Å². The molecule has 1 aliphatic rings. The van der Waals surface area contributed by atoms with E-state index in [1.807, 2.05) is 0 Å². The van der Waals surface area contributed by atoms with Crippen LogP contribution < -0.4 is 11.1 Å². The zero-order chi connectivity index (χ0) is 14.1. The lowest BCUT2D eigenvalue weighted by Crippen LogP contribution is -2.38. The van der Waals surface area contributed by atoms with Gasteiger partial charge in [-0.2, -0.15) is 0 Å². The number of amides is 1. The summed E-state index contributed by atoms with van der Waals surface area (Å²) in [5.74, 6) is 1.47. The van der Waals surface area contributed by atoms with Crippen molar-refractivity contribution in [3.8, 4) is 0 Å². The Kier molecular flexibility index (Phi) is 8.11. The van der Waals surface area contributed by atoms with Crippen molar-refractivity contribution in [2.45, 2.75) is 77.7 Å². The van der Waals surface area contributed by atoms with Crippen LogP contribution in [-0.2, 0) is 4.79 Å². The summed E-state index contributed by atoms with van der Waals surface area (Å²) < 4.78 is 0. The Bertz CT molecular complexity index is 247. The minimum Gasteiger partial charge on any atom is -0.353 e. The van der Waals surface area contributed by atoms with E-state index in [0.29, 0.717) is 24.3 Å². The SMILES string of the molecule is CC(CCN)CCC(=O)N[C@@H](C)C1CCCCCC1. The van der Waals surface area contributed by atoms with E-state index in [9.17, 15) is 4.79 Å². The molecule has 2 atom stereocenters. The molecular formula is C16H32N2O. The summed E-state index contributed by atoms with van der Waals surface area (Å²) in [6.07, 6.45) is 10.6. The van der Waals surface area contributed by atoms with Crippen LogP contribution in [0.3, 0.4) is 0 Å². The van der Waals surface area contributed by atoms with Gasteiger partial charge in [-0.1, -0.05) is 32.6 Å². The molecule has 0 spiro atoms. The van der Waals surface area contributed by atoms with Gasteiger partial charge in [0, 0.05) is 12.5 Å². The minimum atomic E-state index is 0.223. The van der Waals surface area contributed by atoms with Crippen molar-refractivity contribution in [2.75, 3.05) is 6.54 Å². The van der Waals surface area contributed by atoms with Crippen LogP contribution in [-0.4, -0.2) is 18.5 Å². The predicted molar refractivity (Wildman–Crippen MR) is 80.9 cm³/mol. The highest BCUT2D eigenvalue weighted by atomic mass is 16.1. The molecular weight excluding hydrogens is 236 g/mol. The molecule has 0 saturated heterocycles. The minimum absolute atomic E-state index is 0.223. The van der Waals surface area contributed by atoms with Crippen molar-refractivity contribution in [1.29, 1.82) is 0 Å². The van der Waals surface area contributed by atoms with Gasteiger partial charge in [-0.15, -0.1) is 0 Å². The monoisotopic (exact) mass is 268 g/mol. The van der Waals surface area contributed by atoms with E-state index in [2.05, 4.69) is 19.2 Å². The average Bonchev–Trinajstić information content (AvgIpc) is 2.65. The number of rotatable bonds is 7. The summed E-state index contributed by atoms with van der Waals surface area (Å²) in [7, 11) is 0. The van der Waals surface area contributed by atoms with E-state index < -0.39 is 0 Å². The third-order valence-electron chi connectivity index (χ3n) is 4.52. The lowest BCUT2D eigenvalue weighted by molar-refractivity contribution is -0.122. The van der Waals surface area contributed by atoms with Gasteiger partial charge in [0.2, 0.25) is 5.91 Å². The Balaban J connectivity index is 2.22. The Morgan fingerprint density at radius 1 is 1.16 bits per heavy atom. The van der Waals surface area contributed by atoms with Gasteiger partial charge >= 0.3 is 0 Å². The smallest absolute Gasteiger partial charge is 0.220 e. The Hall–Kier alpha value is -0.570. The van der Waals surface area contributed by atoms with Gasteiger partial charge in [0.05, 0.1) is 0 Å². The van der Waals surface area contributed by atoms with Crippen molar-refractivity contribution in [3.05, 3.63) is 0 Å². The zero-order valence-corrected chi connectivity index (χ0v) is 12.8. The number of nitrogens with one attached hydrogen (secondary N) is 1. The van der Waals surface area contributed by atoms with Gasteiger partial charge in [0.1, 0.15) is 0 Å². The van der Waals surface area contributed by atoms with Crippen LogP contribution >= 0.6 is 0 Å². The molecule has 0 aromatic heterocycles. The first-order valence-electron chi connectivity index (χ1n) is 8.13. The number of carbonyl (C=O) groups excluding carboxylic acids is 1. The van der Waals surface area contributed by atoms with Gasteiger partial charge in [-0.25, -0.2) is 0 Å². The molecule has 1 rings (SSSR count). The quantitative estimate of drug-likeness (QED) is 0.697. The first-order valence-corrected chi connectivity index (χ1v) is 8.13. The number of hydrogen-bond acceptors (Lipinski definition) is 2. The third-order valence-corrected chi connectivity index (χ3v) is 4.52. The molecule has 1 fully saturated rings. The van der Waals surface area contributed by atoms with Gasteiger partial charge in [0.15, 0.2) is 0 Å². The normalized spacial score (nSPS) is 20.6. The lowest BCUT2D eigenvalue weighted by atomic mass is 9.92. The first-order chi connectivity index (χ1) is 9.13. The fourth-order valence-electron chi connectivity index (χ4n) is 3.06. The van der Waals surface area contributed by atoms with E-state index >= 15 is 0 Å². The van der Waals surface area contributed by atoms with Crippen molar-refractivity contribution in [2.24, 2.45) is 17.6 Å². The van der Waals surface area contributed by atoms with Crippen LogP contribution in [0.15, 0.2) is 0 Å². The zero-order valence-electron chi connectivity index (χ0n) is 12.8. The molecule has 1 aliphatic carbocycles. The fraction of sp³-hybridized carbons (Fsp3) is 0.938. The average molecular weight is 268 g/mol. The van der Waals surface area contributed by atoms with Crippen LogP contribution in [0.25, 0.3) is 0 Å². The number of nitrogens with two attached hydrogens (primary N) is 1. The highest BCUT2D eigenvalue weighted by Gasteiger charge is 2.20. The Morgan fingerprint density at radius 2 is 1.79 bits per heavy atom. The second-order valence-corrected chi connectivity index (χ2v) is 6.33. The molecule has 0 aromatic carbocycles.